The van der Waals surface area contributed by atoms with Crippen molar-refractivity contribution in [3.63, 3.8) is 0 Å². The predicted molar refractivity (Wildman–Crippen MR) is 108 cm³/mol. The number of ether oxygens (including phenoxy) is 1. The molecule has 0 aliphatic heterocycles. The third-order valence-corrected chi connectivity index (χ3v) is 6.32. The van der Waals surface area contributed by atoms with Crippen molar-refractivity contribution in [2.75, 3.05) is 6.61 Å². The lowest BCUT2D eigenvalue weighted by atomic mass is 10.1. The number of rotatable bonds is 4. The minimum absolute atomic E-state index is 0.0258. The molecule has 0 N–H and O–H groups in total. The van der Waals surface area contributed by atoms with Crippen LogP contribution in [-0.2, 0) is 16.1 Å². The van der Waals surface area contributed by atoms with E-state index < -0.39 is 0 Å². The summed E-state index contributed by atoms with van der Waals surface area (Å²) in [5.41, 5.74) is 3.07. The van der Waals surface area contributed by atoms with Crippen molar-refractivity contribution < 1.29 is 14.3 Å². The van der Waals surface area contributed by atoms with E-state index >= 15 is 0 Å². The predicted octanol–water partition coefficient (Wildman–Crippen LogP) is 4.45. The van der Waals surface area contributed by atoms with E-state index in [-0.39, 0.29) is 18.4 Å². The van der Waals surface area contributed by atoms with E-state index in [2.05, 4.69) is 27.0 Å². The number of aromatic nitrogens is 1. The van der Waals surface area contributed by atoms with Gasteiger partial charge in [-0.05, 0) is 66.0 Å². The van der Waals surface area contributed by atoms with E-state index in [0.717, 1.165) is 25.1 Å². The first-order valence-corrected chi connectivity index (χ1v) is 10.4. The van der Waals surface area contributed by atoms with Crippen LogP contribution in [0.1, 0.15) is 27.7 Å². The van der Waals surface area contributed by atoms with Crippen molar-refractivity contribution in [1.29, 1.82) is 0 Å². The van der Waals surface area contributed by atoms with Gasteiger partial charge in [0, 0.05) is 0 Å². The topological polar surface area (TPSA) is 60.7 Å². The summed E-state index contributed by atoms with van der Waals surface area (Å²) in [4.78, 5) is 29.9. The summed E-state index contributed by atoms with van der Waals surface area (Å²) in [6.07, 6.45) is 0. The summed E-state index contributed by atoms with van der Waals surface area (Å²) in [5, 5.41) is 0. The summed E-state index contributed by atoms with van der Waals surface area (Å²) >= 11 is 6.09. The van der Waals surface area contributed by atoms with Gasteiger partial charge in [0.05, 0.1) is 25.5 Å². The molecular formula is C18H17BrN2O3S2. The minimum Gasteiger partial charge on any atom is -0.465 e. The second-order valence-corrected chi connectivity index (χ2v) is 9.20. The van der Waals surface area contributed by atoms with Crippen LogP contribution in [0.2, 0.25) is 0 Å². The number of hydrogen-bond donors (Lipinski definition) is 0. The lowest BCUT2D eigenvalue weighted by Gasteiger charge is -2.07. The summed E-state index contributed by atoms with van der Waals surface area (Å²) in [5.74, 6) is -0.667. The lowest BCUT2D eigenvalue weighted by Crippen LogP contribution is -2.23. The lowest BCUT2D eigenvalue weighted by molar-refractivity contribution is -0.143. The summed E-state index contributed by atoms with van der Waals surface area (Å²) in [6.45, 7) is 6.12. The van der Waals surface area contributed by atoms with Gasteiger partial charge in [0.2, 0.25) is 0 Å². The molecule has 0 saturated heterocycles. The highest BCUT2D eigenvalue weighted by Crippen LogP contribution is 2.25. The van der Waals surface area contributed by atoms with Crippen molar-refractivity contribution >= 4 is 60.7 Å². The van der Waals surface area contributed by atoms with Crippen LogP contribution < -0.4 is 4.80 Å². The molecule has 0 atom stereocenters. The Labute approximate surface area is 167 Å². The second kappa shape index (κ2) is 7.85. The number of thiazole rings is 1. The highest BCUT2D eigenvalue weighted by molar-refractivity contribution is 9.11. The monoisotopic (exact) mass is 452 g/mol. The summed E-state index contributed by atoms with van der Waals surface area (Å²) in [6, 6.07) is 7.65. The van der Waals surface area contributed by atoms with Gasteiger partial charge in [0.25, 0.3) is 5.91 Å². The van der Waals surface area contributed by atoms with Crippen molar-refractivity contribution in [2.24, 2.45) is 4.99 Å². The highest BCUT2D eigenvalue weighted by atomic mass is 79.9. The molecule has 0 aliphatic carbocycles. The average Bonchev–Trinajstić information content (AvgIpc) is 3.12. The molecule has 3 rings (SSSR count). The van der Waals surface area contributed by atoms with Crippen LogP contribution in [0.5, 0.6) is 0 Å². The van der Waals surface area contributed by atoms with Crippen LogP contribution in [0.25, 0.3) is 10.2 Å². The average molecular weight is 453 g/mol. The normalized spacial score (nSPS) is 11.9. The van der Waals surface area contributed by atoms with E-state index in [1.165, 1.54) is 22.7 Å². The molecule has 0 saturated carbocycles. The number of carbonyl (C=O) groups excluding carboxylic acids is 2. The van der Waals surface area contributed by atoms with Crippen LogP contribution in [0.3, 0.4) is 0 Å². The maximum Gasteiger partial charge on any atom is 0.326 e. The van der Waals surface area contributed by atoms with E-state index in [1.807, 2.05) is 26.0 Å². The molecule has 1 amide bonds. The number of benzene rings is 1. The summed E-state index contributed by atoms with van der Waals surface area (Å²) < 4.78 is 8.73. The van der Waals surface area contributed by atoms with Crippen LogP contribution in [0, 0.1) is 13.8 Å². The van der Waals surface area contributed by atoms with Gasteiger partial charge < -0.3 is 9.30 Å². The molecule has 136 valence electrons. The van der Waals surface area contributed by atoms with E-state index in [4.69, 9.17) is 4.74 Å². The molecule has 1 aromatic carbocycles. The molecule has 0 unspecified atom stereocenters. The first-order chi connectivity index (χ1) is 12.4. The summed E-state index contributed by atoms with van der Waals surface area (Å²) in [7, 11) is 0. The molecule has 0 radical (unpaired) electrons. The van der Waals surface area contributed by atoms with Crippen molar-refractivity contribution in [2.45, 2.75) is 27.3 Å². The number of esters is 1. The molecule has 2 heterocycles. The number of thiophene rings is 1. The van der Waals surface area contributed by atoms with Crippen molar-refractivity contribution in [1.82, 2.24) is 4.57 Å². The second-order valence-electron chi connectivity index (χ2n) is 5.73. The minimum atomic E-state index is -0.347. The zero-order chi connectivity index (χ0) is 18.8. The molecule has 5 nitrogen and oxygen atoms in total. The van der Waals surface area contributed by atoms with Gasteiger partial charge in [0.15, 0.2) is 4.80 Å². The number of fused-ring (bicyclic) bond motifs is 1. The Morgan fingerprint density at radius 2 is 2.00 bits per heavy atom. The molecule has 2 aromatic heterocycles. The molecule has 8 heteroatoms. The Morgan fingerprint density at radius 3 is 2.65 bits per heavy atom. The first kappa shape index (κ1) is 19.0. The van der Waals surface area contributed by atoms with Crippen molar-refractivity contribution in [3.8, 4) is 0 Å². The number of hydrogen-bond acceptors (Lipinski definition) is 5. The van der Waals surface area contributed by atoms with E-state index in [0.29, 0.717) is 16.3 Å². The standard InChI is InChI=1S/C18H17BrN2O3S2/c1-4-24-15(22)9-21-16-11(3)7-10(2)8-13(16)26-18(21)20-17(23)12-5-6-14(19)25-12/h5-8H,4,9H2,1-3H3. The van der Waals surface area contributed by atoms with Crippen LogP contribution >= 0.6 is 38.6 Å². The quantitative estimate of drug-likeness (QED) is 0.549. The SMILES string of the molecule is CCOC(=O)Cn1c(=NC(=O)c2ccc(Br)s2)sc2cc(C)cc(C)c21. The number of aryl methyl sites for hydroxylation is 2. The number of nitrogens with zero attached hydrogens (tertiary/aromatic N) is 2. The molecule has 0 fully saturated rings. The Bertz CT molecular complexity index is 1060. The van der Waals surface area contributed by atoms with E-state index in [1.54, 1.807) is 17.6 Å². The van der Waals surface area contributed by atoms with Crippen LogP contribution in [0.15, 0.2) is 33.0 Å². The van der Waals surface area contributed by atoms with E-state index in [9.17, 15) is 9.59 Å². The number of halogens is 1. The van der Waals surface area contributed by atoms with Crippen LogP contribution in [-0.4, -0.2) is 23.1 Å². The van der Waals surface area contributed by atoms with Gasteiger partial charge >= 0.3 is 5.97 Å². The van der Waals surface area contributed by atoms with Gasteiger partial charge in [-0.15, -0.1) is 11.3 Å². The molecule has 0 bridgehead atoms. The molecule has 0 spiro atoms. The van der Waals surface area contributed by atoms with Gasteiger partial charge in [-0.2, -0.15) is 4.99 Å². The Balaban J connectivity index is 2.16. The third-order valence-electron chi connectivity index (χ3n) is 3.69. The third kappa shape index (κ3) is 3.97. The maximum atomic E-state index is 12.5. The zero-order valence-corrected chi connectivity index (χ0v) is 17.8. The van der Waals surface area contributed by atoms with Gasteiger partial charge in [-0.1, -0.05) is 17.4 Å². The zero-order valence-electron chi connectivity index (χ0n) is 14.5. The molecule has 0 aliphatic rings. The fourth-order valence-electron chi connectivity index (χ4n) is 2.73. The Hall–Kier alpha value is -1.77. The van der Waals surface area contributed by atoms with Gasteiger partial charge in [-0.25, -0.2) is 0 Å². The number of carbonyl (C=O) groups is 2. The fraction of sp³-hybridized carbons (Fsp3) is 0.278. The smallest absolute Gasteiger partial charge is 0.326 e. The molecule has 3 aromatic rings. The maximum absolute atomic E-state index is 12.5. The molecule has 26 heavy (non-hydrogen) atoms. The fourth-order valence-corrected chi connectivity index (χ4v) is 5.21. The van der Waals surface area contributed by atoms with Gasteiger partial charge in [-0.3, -0.25) is 9.59 Å². The van der Waals surface area contributed by atoms with Gasteiger partial charge in [0.1, 0.15) is 6.54 Å². The Morgan fingerprint density at radius 1 is 1.23 bits per heavy atom. The van der Waals surface area contributed by atoms with Crippen LogP contribution in [0.4, 0.5) is 0 Å². The van der Waals surface area contributed by atoms with Crippen molar-refractivity contribution in [3.05, 3.63) is 48.9 Å². The highest BCUT2D eigenvalue weighted by Gasteiger charge is 2.15. The first-order valence-electron chi connectivity index (χ1n) is 7.99. The number of amides is 1. The largest absolute Gasteiger partial charge is 0.465 e. The Kier molecular flexibility index (Phi) is 5.74. The molecular weight excluding hydrogens is 436 g/mol.